The predicted molar refractivity (Wildman–Crippen MR) is 56.1 cm³/mol. The standard InChI is InChI=1S/C9H9BrF2N2O2/c1-16-9(15)7-6(8(11)12)4(2-13)5(10)3-14-7/h3,8H,2,13H2,1H3. The number of ether oxygens (including phenoxy) is 1. The minimum absolute atomic E-state index is 0.118. The Balaban J connectivity index is 3.45. The first-order valence-corrected chi connectivity index (χ1v) is 5.06. The number of aromatic nitrogens is 1. The number of halogens is 3. The number of esters is 1. The van der Waals surface area contributed by atoms with Crippen LogP contribution in [0, 0.1) is 0 Å². The quantitative estimate of drug-likeness (QED) is 0.866. The van der Waals surface area contributed by atoms with Crippen molar-refractivity contribution in [3.8, 4) is 0 Å². The summed E-state index contributed by atoms with van der Waals surface area (Å²) >= 11 is 3.05. The van der Waals surface area contributed by atoms with Crippen molar-refractivity contribution >= 4 is 21.9 Å². The van der Waals surface area contributed by atoms with E-state index in [1.807, 2.05) is 0 Å². The van der Waals surface area contributed by atoms with Gasteiger partial charge in [-0.2, -0.15) is 0 Å². The minimum atomic E-state index is -2.84. The van der Waals surface area contributed by atoms with Crippen LogP contribution in [0.1, 0.15) is 28.0 Å². The third-order valence-electron chi connectivity index (χ3n) is 1.98. The first kappa shape index (κ1) is 13.0. The fourth-order valence-corrected chi connectivity index (χ4v) is 1.72. The molecule has 1 aromatic rings. The van der Waals surface area contributed by atoms with Gasteiger partial charge in [-0.3, -0.25) is 0 Å². The Morgan fingerprint density at radius 3 is 2.75 bits per heavy atom. The summed E-state index contributed by atoms with van der Waals surface area (Å²) in [5, 5.41) is 0. The van der Waals surface area contributed by atoms with E-state index in [1.54, 1.807) is 0 Å². The Kier molecular flexibility index (Phi) is 4.31. The molecule has 0 saturated heterocycles. The van der Waals surface area contributed by atoms with Gasteiger partial charge in [-0.05, 0) is 21.5 Å². The van der Waals surface area contributed by atoms with Crippen LogP contribution in [-0.4, -0.2) is 18.1 Å². The highest BCUT2D eigenvalue weighted by Gasteiger charge is 2.25. The highest BCUT2D eigenvalue weighted by atomic mass is 79.9. The average Bonchev–Trinajstić information content (AvgIpc) is 2.27. The van der Waals surface area contributed by atoms with Crippen molar-refractivity contribution in [2.24, 2.45) is 5.73 Å². The number of hydrogen-bond donors (Lipinski definition) is 1. The topological polar surface area (TPSA) is 65.2 Å². The maximum absolute atomic E-state index is 12.8. The number of carbonyl (C=O) groups is 1. The van der Waals surface area contributed by atoms with Crippen molar-refractivity contribution in [2.45, 2.75) is 13.0 Å². The lowest BCUT2D eigenvalue weighted by atomic mass is 10.1. The summed E-state index contributed by atoms with van der Waals surface area (Å²) in [5.74, 6) is -0.905. The third kappa shape index (κ3) is 2.35. The van der Waals surface area contributed by atoms with Gasteiger partial charge in [-0.25, -0.2) is 18.6 Å². The van der Waals surface area contributed by atoms with E-state index in [0.717, 1.165) is 7.11 Å². The van der Waals surface area contributed by atoms with Gasteiger partial charge in [-0.15, -0.1) is 0 Å². The Morgan fingerprint density at radius 1 is 1.69 bits per heavy atom. The molecule has 0 radical (unpaired) electrons. The molecule has 0 fully saturated rings. The van der Waals surface area contributed by atoms with Gasteiger partial charge in [0, 0.05) is 17.2 Å². The molecule has 1 aromatic heterocycles. The van der Waals surface area contributed by atoms with Crippen LogP contribution in [0.15, 0.2) is 10.7 Å². The van der Waals surface area contributed by atoms with E-state index in [4.69, 9.17) is 5.73 Å². The number of nitrogens with two attached hydrogens (primary N) is 1. The molecule has 16 heavy (non-hydrogen) atoms. The molecule has 0 spiro atoms. The smallest absolute Gasteiger partial charge is 0.357 e. The maximum Gasteiger partial charge on any atom is 0.357 e. The molecule has 0 bridgehead atoms. The van der Waals surface area contributed by atoms with Crippen molar-refractivity contribution < 1.29 is 18.3 Å². The van der Waals surface area contributed by atoms with Gasteiger partial charge < -0.3 is 10.5 Å². The molecule has 0 saturated carbocycles. The molecule has 0 aromatic carbocycles. The first-order valence-electron chi connectivity index (χ1n) is 4.26. The monoisotopic (exact) mass is 294 g/mol. The number of alkyl halides is 2. The van der Waals surface area contributed by atoms with Crippen LogP contribution in [0.3, 0.4) is 0 Å². The van der Waals surface area contributed by atoms with E-state index < -0.39 is 23.7 Å². The molecule has 0 aliphatic heterocycles. The fourth-order valence-electron chi connectivity index (χ4n) is 1.24. The van der Waals surface area contributed by atoms with Crippen molar-refractivity contribution in [2.75, 3.05) is 7.11 Å². The van der Waals surface area contributed by atoms with E-state index >= 15 is 0 Å². The lowest BCUT2D eigenvalue weighted by Gasteiger charge is -2.12. The first-order chi connectivity index (χ1) is 7.52. The fraction of sp³-hybridized carbons (Fsp3) is 0.333. The average molecular weight is 295 g/mol. The van der Waals surface area contributed by atoms with E-state index in [2.05, 4.69) is 25.7 Å². The number of pyridine rings is 1. The third-order valence-corrected chi connectivity index (χ3v) is 2.66. The van der Waals surface area contributed by atoms with Crippen LogP contribution in [0.2, 0.25) is 0 Å². The van der Waals surface area contributed by atoms with Gasteiger partial charge in [0.1, 0.15) is 0 Å². The van der Waals surface area contributed by atoms with Crippen LogP contribution in [-0.2, 0) is 11.3 Å². The summed E-state index contributed by atoms with van der Waals surface area (Å²) in [6.07, 6.45) is -1.59. The van der Waals surface area contributed by atoms with E-state index in [9.17, 15) is 13.6 Å². The summed E-state index contributed by atoms with van der Waals surface area (Å²) in [4.78, 5) is 14.9. The second-order valence-corrected chi connectivity index (χ2v) is 3.70. The number of rotatable bonds is 3. The molecule has 88 valence electrons. The highest BCUT2D eigenvalue weighted by Crippen LogP contribution is 2.30. The van der Waals surface area contributed by atoms with Crippen LogP contribution >= 0.6 is 15.9 Å². The van der Waals surface area contributed by atoms with Crippen LogP contribution < -0.4 is 5.73 Å². The SMILES string of the molecule is COC(=O)c1ncc(Br)c(CN)c1C(F)F. The molecule has 7 heteroatoms. The van der Waals surface area contributed by atoms with Gasteiger partial charge in [0.25, 0.3) is 6.43 Å². The van der Waals surface area contributed by atoms with E-state index in [0.29, 0.717) is 4.47 Å². The summed E-state index contributed by atoms with van der Waals surface area (Å²) < 4.78 is 30.4. The normalized spacial score (nSPS) is 10.6. The zero-order valence-electron chi connectivity index (χ0n) is 8.34. The zero-order valence-corrected chi connectivity index (χ0v) is 9.92. The lowest BCUT2D eigenvalue weighted by Crippen LogP contribution is -2.14. The van der Waals surface area contributed by atoms with Gasteiger partial charge in [-0.1, -0.05) is 0 Å². The highest BCUT2D eigenvalue weighted by molar-refractivity contribution is 9.10. The van der Waals surface area contributed by atoms with Gasteiger partial charge in [0.2, 0.25) is 0 Å². The molecule has 0 aliphatic rings. The Morgan fingerprint density at radius 2 is 2.31 bits per heavy atom. The second-order valence-electron chi connectivity index (χ2n) is 2.84. The zero-order chi connectivity index (χ0) is 12.3. The lowest BCUT2D eigenvalue weighted by molar-refractivity contribution is 0.0581. The van der Waals surface area contributed by atoms with Crippen molar-refractivity contribution in [3.63, 3.8) is 0 Å². The molecular formula is C9H9BrF2N2O2. The summed E-state index contributed by atoms with van der Waals surface area (Å²) in [6, 6.07) is 0. The Labute approximate surface area is 98.9 Å². The summed E-state index contributed by atoms with van der Waals surface area (Å²) in [5.41, 5.74) is 4.63. The van der Waals surface area contributed by atoms with E-state index in [1.165, 1.54) is 6.20 Å². The summed E-state index contributed by atoms with van der Waals surface area (Å²) in [6.45, 7) is -0.118. The molecule has 0 unspecified atom stereocenters. The van der Waals surface area contributed by atoms with Gasteiger partial charge in [0.15, 0.2) is 5.69 Å². The molecule has 2 N–H and O–H groups in total. The van der Waals surface area contributed by atoms with Crippen LogP contribution in [0.5, 0.6) is 0 Å². The maximum atomic E-state index is 12.8. The van der Waals surface area contributed by atoms with Crippen LogP contribution in [0.25, 0.3) is 0 Å². The number of methoxy groups -OCH3 is 1. The molecular weight excluding hydrogens is 286 g/mol. The number of carbonyl (C=O) groups excluding carboxylic acids is 1. The van der Waals surface area contributed by atoms with Crippen molar-refractivity contribution in [1.29, 1.82) is 0 Å². The Bertz CT molecular complexity index is 413. The predicted octanol–water partition coefficient (Wildman–Crippen LogP) is 2.03. The number of nitrogens with zero attached hydrogens (tertiary/aromatic N) is 1. The van der Waals surface area contributed by atoms with Gasteiger partial charge >= 0.3 is 5.97 Å². The second kappa shape index (κ2) is 5.31. The number of hydrogen-bond acceptors (Lipinski definition) is 4. The minimum Gasteiger partial charge on any atom is -0.464 e. The van der Waals surface area contributed by atoms with Crippen LogP contribution in [0.4, 0.5) is 8.78 Å². The largest absolute Gasteiger partial charge is 0.464 e. The Hall–Kier alpha value is -1.08. The molecule has 1 rings (SSSR count). The van der Waals surface area contributed by atoms with E-state index in [-0.39, 0.29) is 12.1 Å². The molecule has 4 nitrogen and oxygen atoms in total. The van der Waals surface area contributed by atoms with Crippen molar-refractivity contribution in [1.82, 2.24) is 4.98 Å². The summed E-state index contributed by atoms with van der Waals surface area (Å²) in [7, 11) is 1.10. The molecule has 0 aliphatic carbocycles. The molecule has 1 heterocycles. The molecule has 0 atom stereocenters. The van der Waals surface area contributed by atoms with Gasteiger partial charge in [0.05, 0.1) is 12.7 Å². The van der Waals surface area contributed by atoms with Crippen molar-refractivity contribution in [3.05, 3.63) is 27.5 Å². The molecule has 0 amide bonds.